The summed E-state index contributed by atoms with van der Waals surface area (Å²) in [4.78, 5) is 0. The lowest BCUT2D eigenvalue weighted by Gasteiger charge is -2.07. The standard InChI is InChI=1S/C14H11ClFN5/c1-8-2-4-10(7-13(8)16)21-14(18-19-20-21)11-6-9(17)3-5-12(11)15/h2-7H,17H2,1H3. The van der Waals surface area contributed by atoms with Crippen LogP contribution in [0, 0.1) is 12.7 Å². The van der Waals surface area contributed by atoms with Crippen molar-refractivity contribution in [3.05, 3.63) is 52.8 Å². The highest BCUT2D eigenvalue weighted by Crippen LogP contribution is 2.29. The summed E-state index contributed by atoms with van der Waals surface area (Å²) in [5.41, 5.74) is 7.96. The van der Waals surface area contributed by atoms with Gasteiger partial charge in [0.1, 0.15) is 5.82 Å². The number of hydrogen-bond donors (Lipinski definition) is 1. The molecule has 3 aromatic rings. The van der Waals surface area contributed by atoms with Gasteiger partial charge in [-0.3, -0.25) is 0 Å². The highest BCUT2D eigenvalue weighted by Gasteiger charge is 2.15. The van der Waals surface area contributed by atoms with Gasteiger partial charge in [-0.2, -0.15) is 4.68 Å². The van der Waals surface area contributed by atoms with E-state index in [1.165, 1.54) is 10.7 Å². The van der Waals surface area contributed by atoms with Crippen LogP contribution >= 0.6 is 11.6 Å². The largest absolute Gasteiger partial charge is 0.399 e. The van der Waals surface area contributed by atoms with E-state index in [1.54, 1.807) is 37.3 Å². The molecule has 0 fully saturated rings. The normalized spacial score (nSPS) is 10.8. The fourth-order valence-electron chi connectivity index (χ4n) is 1.96. The number of halogens is 2. The first-order valence-corrected chi connectivity index (χ1v) is 6.54. The first-order valence-electron chi connectivity index (χ1n) is 6.16. The van der Waals surface area contributed by atoms with E-state index in [0.717, 1.165) is 0 Å². The maximum atomic E-state index is 13.7. The molecule has 0 bridgehead atoms. The fourth-order valence-corrected chi connectivity index (χ4v) is 2.16. The van der Waals surface area contributed by atoms with Crippen LogP contribution in [0.4, 0.5) is 10.1 Å². The SMILES string of the molecule is Cc1ccc(-n2nnnc2-c2cc(N)ccc2Cl)cc1F. The quantitative estimate of drug-likeness (QED) is 0.739. The van der Waals surface area contributed by atoms with E-state index in [-0.39, 0.29) is 5.82 Å². The van der Waals surface area contributed by atoms with Crippen LogP contribution < -0.4 is 5.73 Å². The average molecular weight is 304 g/mol. The van der Waals surface area contributed by atoms with Crippen LogP contribution in [0.3, 0.4) is 0 Å². The molecule has 0 atom stereocenters. The smallest absolute Gasteiger partial charge is 0.188 e. The van der Waals surface area contributed by atoms with Gasteiger partial charge in [-0.25, -0.2) is 4.39 Å². The first kappa shape index (κ1) is 13.5. The number of benzene rings is 2. The van der Waals surface area contributed by atoms with E-state index in [2.05, 4.69) is 15.5 Å². The number of rotatable bonds is 2. The van der Waals surface area contributed by atoms with Crippen molar-refractivity contribution in [2.24, 2.45) is 0 Å². The third-order valence-electron chi connectivity index (χ3n) is 3.10. The third kappa shape index (κ3) is 2.45. The van der Waals surface area contributed by atoms with Gasteiger partial charge in [0.05, 0.1) is 10.7 Å². The molecule has 0 saturated carbocycles. The van der Waals surface area contributed by atoms with Gasteiger partial charge in [-0.1, -0.05) is 17.7 Å². The summed E-state index contributed by atoms with van der Waals surface area (Å²) >= 11 is 6.17. The summed E-state index contributed by atoms with van der Waals surface area (Å²) in [6, 6.07) is 9.80. The molecule has 0 aliphatic rings. The minimum absolute atomic E-state index is 0.326. The van der Waals surface area contributed by atoms with E-state index in [4.69, 9.17) is 17.3 Å². The van der Waals surface area contributed by atoms with Gasteiger partial charge >= 0.3 is 0 Å². The van der Waals surface area contributed by atoms with Gasteiger partial charge < -0.3 is 5.73 Å². The molecule has 3 rings (SSSR count). The van der Waals surface area contributed by atoms with E-state index in [9.17, 15) is 4.39 Å². The third-order valence-corrected chi connectivity index (χ3v) is 3.43. The highest BCUT2D eigenvalue weighted by atomic mass is 35.5. The van der Waals surface area contributed by atoms with Crippen LogP contribution in [0.1, 0.15) is 5.56 Å². The Morgan fingerprint density at radius 3 is 2.76 bits per heavy atom. The zero-order valence-corrected chi connectivity index (χ0v) is 11.8. The Labute approximate surface area is 125 Å². The minimum atomic E-state index is -0.326. The van der Waals surface area contributed by atoms with Gasteiger partial charge in [-0.05, 0) is 53.2 Å². The lowest BCUT2D eigenvalue weighted by atomic mass is 10.1. The molecule has 0 saturated heterocycles. The Hall–Kier alpha value is -2.47. The van der Waals surface area contributed by atoms with Gasteiger partial charge in [0.2, 0.25) is 0 Å². The van der Waals surface area contributed by atoms with Crippen LogP contribution in [0.15, 0.2) is 36.4 Å². The van der Waals surface area contributed by atoms with Crippen molar-refractivity contribution in [1.29, 1.82) is 0 Å². The Bertz CT molecular complexity index is 815. The molecule has 2 aromatic carbocycles. The predicted octanol–water partition coefficient (Wildman–Crippen LogP) is 3.01. The number of nitrogens with zero attached hydrogens (tertiary/aromatic N) is 4. The van der Waals surface area contributed by atoms with Crippen LogP contribution in [-0.4, -0.2) is 20.2 Å². The molecule has 106 valence electrons. The molecule has 1 heterocycles. The number of aryl methyl sites for hydroxylation is 1. The van der Waals surface area contributed by atoms with Gasteiger partial charge in [0.25, 0.3) is 0 Å². The maximum absolute atomic E-state index is 13.7. The summed E-state index contributed by atoms with van der Waals surface area (Å²) in [5.74, 6) is 0.0724. The molecule has 0 aliphatic carbocycles. The van der Waals surface area contributed by atoms with Crippen molar-refractivity contribution in [2.75, 3.05) is 5.73 Å². The fraction of sp³-hybridized carbons (Fsp3) is 0.0714. The number of nitrogens with two attached hydrogens (primary N) is 1. The summed E-state index contributed by atoms with van der Waals surface area (Å²) in [6.07, 6.45) is 0. The molecule has 21 heavy (non-hydrogen) atoms. The molecule has 2 N–H and O–H groups in total. The number of anilines is 1. The predicted molar refractivity (Wildman–Crippen MR) is 78.7 cm³/mol. The second-order valence-corrected chi connectivity index (χ2v) is 4.99. The molecule has 1 aromatic heterocycles. The van der Waals surface area contributed by atoms with E-state index < -0.39 is 0 Å². The summed E-state index contributed by atoms with van der Waals surface area (Å²) in [6.45, 7) is 1.69. The number of nitrogen functional groups attached to an aromatic ring is 1. The molecular formula is C14H11ClFN5. The monoisotopic (exact) mass is 303 g/mol. The van der Waals surface area contributed by atoms with Crippen molar-refractivity contribution < 1.29 is 4.39 Å². The zero-order valence-electron chi connectivity index (χ0n) is 11.1. The van der Waals surface area contributed by atoms with Crippen molar-refractivity contribution in [3.63, 3.8) is 0 Å². The van der Waals surface area contributed by atoms with E-state index >= 15 is 0 Å². The Morgan fingerprint density at radius 2 is 2.00 bits per heavy atom. The topological polar surface area (TPSA) is 69.6 Å². The molecule has 0 unspecified atom stereocenters. The van der Waals surface area contributed by atoms with Crippen LogP contribution in [0.25, 0.3) is 17.1 Å². The van der Waals surface area contributed by atoms with E-state index in [1.807, 2.05) is 0 Å². The Balaban J connectivity index is 2.17. The Kier molecular flexibility index (Phi) is 3.31. The van der Waals surface area contributed by atoms with Crippen LogP contribution in [0.2, 0.25) is 5.02 Å². The maximum Gasteiger partial charge on any atom is 0.188 e. The molecular weight excluding hydrogens is 293 g/mol. The minimum Gasteiger partial charge on any atom is -0.399 e. The molecule has 7 heteroatoms. The molecule has 0 amide bonds. The second-order valence-electron chi connectivity index (χ2n) is 4.59. The number of hydrogen-bond acceptors (Lipinski definition) is 4. The molecule has 0 spiro atoms. The summed E-state index contributed by atoms with van der Waals surface area (Å²) in [5, 5.41) is 12.0. The lowest BCUT2D eigenvalue weighted by molar-refractivity contribution is 0.615. The Morgan fingerprint density at radius 1 is 1.19 bits per heavy atom. The molecule has 0 radical (unpaired) electrons. The summed E-state index contributed by atoms with van der Waals surface area (Å²) in [7, 11) is 0. The van der Waals surface area contributed by atoms with Crippen molar-refractivity contribution in [3.8, 4) is 17.1 Å². The zero-order chi connectivity index (χ0) is 15.0. The van der Waals surface area contributed by atoms with E-state index in [0.29, 0.717) is 33.3 Å². The number of aromatic nitrogens is 4. The summed E-state index contributed by atoms with van der Waals surface area (Å²) < 4.78 is 15.1. The van der Waals surface area contributed by atoms with Crippen molar-refractivity contribution in [2.45, 2.75) is 6.92 Å². The second kappa shape index (κ2) is 5.14. The van der Waals surface area contributed by atoms with Crippen LogP contribution in [-0.2, 0) is 0 Å². The molecule has 0 aliphatic heterocycles. The number of tetrazole rings is 1. The van der Waals surface area contributed by atoms with Crippen molar-refractivity contribution >= 4 is 17.3 Å². The lowest BCUT2D eigenvalue weighted by Crippen LogP contribution is -2.01. The van der Waals surface area contributed by atoms with Crippen molar-refractivity contribution in [1.82, 2.24) is 20.2 Å². The molecule has 5 nitrogen and oxygen atoms in total. The average Bonchev–Trinajstić information content (AvgIpc) is 2.93. The van der Waals surface area contributed by atoms with Gasteiger partial charge in [0, 0.05) is 11.3 Å². The first-order chi connectivity index (χ1) is 10.1. The van der Waals surface area contributed by atoms with Gasteiger partial charge in [0.15, 0.2) is 5.82 Å². The van der Waals surface area contributed by atoms with Crippen LogP contribution in [0.5, 0.6) is 0 Å². The highest BCUT2D eigenvalue weighted by molar-refractivity contribution is 6.33. The van der Waals surface area contributed by atoms with Gasteiger partial charge in [-0.15, -0.1) is 5.10 Å².